The third kappa shape index (κ3) is 4.60. The van der Waals surface area contributed by atoms with Gasteiger partial charge in [0.1, 0.15) is 0 Å². The lowest BCUT2D eigenvalue weighted by Crippen LogP contribution is -2.34. The molecular weight excluding hydrogens is 360 g/mol. The first-order chi connectivity index (χ1) is 14.2. The fraction of sp³-hybridized carbons (Fsp3) is 0.462. The van der Waals surface area contributed by atoms with E-state index in [1.807, 2.05) is 36.4 Å². The lowest BCUT2D eigenvalue weighted by molar-refractivity contribution is 0.103. The molecule has 3 nitrogen and oxygen atoms in total. The molecule has 2 fully saturated rings. The van der Waals surface area contributed by atoms with Crippen molar-refractivity contribution in [3.05, 3.63) is 59.7 Å². The standard InChI is InChI=1S/C26H30O3/c1-28-24-14-13-21(18-25(24)29-23-11-5-6-12-23)26(16-7-10-22(27)19-26)17-15-20-8-3-2-4-9-20/h2-4,8-9,13-14,18,22-23,27H,5-7,10-12,16,19H2,1H3/t22-,26+/m0/s1. The van der Waals surface area contributed by atoms with Gasteiger partial charge in [0.15, 0.2) is 11.5 Å². The zero-order chi connectivity index (χ0) is 20.1. The van der Waals surface area contributed by atoms with Crippen molar-refractivity contribution in [1.29, 1.82) is 0 Å². The molecule has 2 saturated carbocycles. The molecule has 0 spiro atoms. The minimum atomic E-state index is -0.367. The highest BCUT2D eigenvalue weighted by molar-refractivity contribution is 5.50. The summed E-state index contributed by atoms with van der Waals surface area (Å²) in [5.41, 5.74) is 1.75. The SMILES string of the molecule is COc1ccc([C@@]2(C#Cc3ccccc3)CCC[C@H](O)C2)cc1OC1CCCC1. The maximum atomic E-state index is 10.5. The van der Waals surface area contributed by atoms with Gasteiger partial charge in [0.2, 0.25) is 0 Å². The Morgan fingerprint density at radius 3 is 2.48 bits per heavy atom. The zero-order valence-electron chi connectivity index (χ0n) is 17.2. The van der Waals surface area contributed by atoms with Crippen LogP contribution in [0.2, 0.25) is 0 Å². The smallest absolute Gasteiger partial charge is 0.161 e. The first-order valence-electron chi connectivity index (χ1n) is 10.8. The molecular formula is C26H30O3. The summed E-state index contributed by atoms with van der Waals surface area (Å²) in [5, 5.41) is 10.5. The minimum absolute atomic E-state index is 0.266. The van der Waals surface area contributed by atoms with Crippen molar-refractivity contribution in [1.82, 2.24) is 0 Å². The summed E-state index contributed by atoms with van der Waals surface area (Å²) in [4.78, 5) is 0. The topological polar surface area (TPSA) is 38.7 Å². The van der Waals surface area contributed by atoms with E-state index in [0.29, 0.717) is 6.42 Å². The van der Waals surface area contributed by atoms with E-state index in [1.165, 1.54) is 12.8 Å². The van der Waals surface area contributed by atoms with Gasteiger partial charge in [0, 0.05) is 5.56 Å². The Labute approximate surface area is 174 Å². The molecule has 0 bridgehead atoms. The number of benzene rings is 2. The fourth-order valence-corrected chi connectivity index (χ4v) is 4.66. The summed E-state index contributed by atoms with van der Waals surface area (Å²) in [7, 11) is 1.69. The second kappa shape index (κ2) is 8.93. The van der Waals surface area contributed by atoms with Gasteiger partial charge in [-0.3, -0.25) is 0 Å². The van der Waals surface area contributed by atoms with Crippen molar-refractivity contribution in [2.75, 3.05) is 7.11 Å². The summed E-state index contributed by atoms with van der Waals surface area (Å²) in [6.45, 7) is 0. The molecule has 2 atom stereocenters. The number of rotatable bonds is 4. The van der Waals surface area contributed by atoms with Crippen LogP contribution >= 0.6 is 0 Å². The second-order valence-corrected chi connectivity index (χ2v) is 8.34. The molecule has 3 heteroatoms. The molecule has 0 aliphatic heterocycles. The quantitative estimate of drug-likeness (QED) is 0.726. The molecule has 0 radical (unpaired) electrons. The largest absolute Gasteiger partial charge is 0.493 e. The van der Waals surface area contributed by atoms with Crippen LogP contribution in [-0.2, 0) is 5.41 Å². The first-order valence-corrected chi connectivity index (χ1v) is 10.8. The van der Waals surface area contributed by atoms with Crippen molar-refractivity contribution < 1.29 is 14.6 Å². The molecule has 29 heavy (non-hydrogen) atoms. The highest BCUT2D eigenvalue weighted by Crippen LogP contribution is 2.43. The predicted molar refractivity (Wildman–Crippen MR) is 115 cm³/mol. The van der Waals surface area contributed by atoms with Crippen LogP contribution in [0.5, 0.6) is 11.5 Å². The van der Waals surface area contributed by atoms with Crippen molar-refractivity contribution in [2.45, 2.75) is 69.0 Å². The highest BCUT2D eigenvalue weighted by Gasteiger charge is 2.37. The molecule has 2 aliphatic rings. The molecule has 2 aliphatic carbocycles. The van der Waals surface area contributed by atoms with Crippen LogP contribution < -0.4 is 9.47 Å². The van der Waals surface area contributed by atoms with Crippen molar-refractivity contribution in [2.24, 2.45) is 0 Å². The predicted octanol–water partition coefficient (Wildman–Crippen LogP) is 5.24. The molecule has 0 heterocycles. The van der Waals surface area contributed by atoms with Crippen LogP contribution in [0.25, 0.3) is 0 Å². The van der Waals surface area contributed by atoms with Gasteiger partial charge in [-0.05, 0) is 81.2 Å². The van der Waals surface area contributed by atoms with Crippen LogP contribution in [0.15, 0.2) is 48.5 Å². The van der Waals surface area contributed by atoms with Gasteiger partial charge < -0.3 is 14.6 Å². The summed E-state index contributed by atoms with van der Waals surface area (Å²) in [6.07, 6.45) is 8.01. The van der Waals surface area contributed by atoms with Crippen molar-refractivity contribution in [3.8, 4) is 23.3 Å². The molecule has 1 N–H and O–H groups in total. The van der Waals surface area contributed by atoms with E-state index >= 15 is 0 Å². The van der Waals surface area contributed by atoms with Crippen LogP contribution in [0.3, 0.4) is 0 Å². The van der Waals surface area contributed by atoms with E-state index in [2.05, 4.69) is 24.0 Å². The van der Waals surface area contributed by atoms with E-state index in [-0.39, 0.29) is 17.6 Å². The van der Waals surface area contributed by atoms with Crippen LogP contribution in [0, 0.1) is 11.8 Å². The third-order valence-electron chi connectivity index (χ3n) is 6.26. The average molecular weight is 391 g/mol. The van der Waals surface area contributed by atoms with Crippen molar-refractivity contribution in [3.63, 3.8) is 0 Å². The van der Waals surface area contributed by atoms with E-state index < -0.39 is 0 Å². The van der Waals surface area contributed by atoms with Crippen molar-refractivity contribution >= 4 is 0 Å². The Balaban J connectivity index is 1.71. The van der Waals surface area contributed by atoms with Gasteiger partial charge in [-0.1, -0.05) is 36.1 Å². The van der Waals surface area contributed by atoms with E-state index in [4.69, 9.17) is 9.47 Å². The Kier molecular flexibility index (Phi) is 6.11. The molecule has 0 aromatic heterocycles. The molecule has 0 saturated heterocycles. The van der Waals surface area contributed by atoms with Crippen LogP contribution in [-0.4, -0.2) is 24.4 Å². The van der Waals surface area contributed by atoms with Crippen LogP contribution in [0.1, 0.15) is 62.5 Å². The summed E-state index contributed by atoms with van der Waals surface area (Å²) in [5.74, 6) is 8.48. The van der Waals surface area contributed by atoms with E-state index in [0.717, 1.165) is 54.7 Å². The minimum Gasteiger partial charge on any atom is -0.493 e. The van der Waals surface area contributed by atoms with Gasteiger partial charge in [0.25, 0.3) is 0 Å². The van der Waals surface area contributed by atoms with E-state index in [1.54, 1.807) is 7.11 Å². The lowest BCUT2D eigenvalue weighted by Gasteiger charge is -2.36. The number of methoxy groups -OCH3 is 1. The summed E-state index contributed by atoms with van der Waals surface area (Å²) in [6, 6.07) is 16.3. The maximum absolute atomic E-state index is 10.5. The first kappa shape index (κ1) is 19.9. The van der Waals surface area contributed by atoms with Gasteiger partial charge >= 0.3 is 0 Å². The van der Waals surface area contributed by atoms with Gasteiger partial charge in [-0.25, -0.2) is 0 Å². The van der Waals surface area contributed by atoms with Crippen LogP contribution in [0.4, 0.5) is 0 Å². The Hall–Kier alpha value is -2.44. The summed E-state index contributed by atoms with van der Waals surface area (Å²) >= 11 is 0. The molecule has 4 rings (SSSR count). The second-order valence-electron chi connectivity index (χ2n) is 8.34. The maximum Gasteiger partial charge on any atom is 0.161 e. The highest BCUT2D eigenvalue weighted by atomic mass is 16.5. The molecule has 0 unspecified atom stereocenters. The van der Waals surface area contributed by atoms with Gasteiger partial charge in [-0.15, -0.1) is 0 Å². The zero-order valence-corrected chi connectivity index (χ0v) is 17.2. The molecule has 2 aromatic carbocycles. The van der Waals surface area contributed by atoms with E-state index in [9.17, 15) is 5.11 Å². The fourth-order valence-electron chi connectivity index (χ4n) is 4.66. The lowest BCUT2D eigenvalue weighted by atomic mass is 9.69. The van der Waals surface area contributed by atoms with Gasteiger partial charge in [0.05, 0.1) is 24.7 Å². The molecule has 2 aromatic rings. The molecule has 152 valence electrons. The number of ether oxygens (including phenoxy) is 2. The Morgan fingerprint density at radius 1 is 0.966 bits per heavy atom. The third-order valence-corrected chi connectivity index (χ3v) is 6.26. The number of aliphatic hydroxyl groups excluding tert-OH is 1. The number of aliphatic hydroxyl groups is 1. The Bertz CT molecular complexity index is 874. The Morgan fingerprint density at radius 2 is 1.76 bits per heavy atom. The summed E-state index contributed by atoms with van der Waals surface area (Å²) < 4.78 is 11.9. The number of hydrogen-bond donors (Lipinski definition) is 1. The monoisotopic (exact) mass is 390 g/mol. The molecule has 0 amide bonds. The normalized spacial score (nSPS) is 24.6. The number of hydrogen-bond acceptors (Lipinski definition) is 3. The van der Waals surface area contributed by atoms with Gasteiger partial charge in [-0.2, -0.15) is 0 Å². The average Bonchev–Trinajstić information content (AvgIpc) is 3.26.